The van der Waals surface area contributed by atoms with Crippen LogP contribution in [-0.4, -0.2) is 17.3 Å². The number of nitrogens with one attached hydrogen (secondary N) is 1. The lowest BCUT2D eigenvalue weighted by atomic mass is 10.2. The van der Waals surface area contributed by atoms with E-state index in [1.54, 1.807) is 36.2 Å². The molecule has 1 aromatic carbocycles. The van der Waals surface area contributed by atoms with Gasteiger partial charge in [-0.25, -0.2) is 0 Å². The summed E-state index contributed by atoms with van der Waals surface area (Å²) in [7, 11) is 0. The standard InChI is InChI=1S/C16H14N2O3S/c1-22-15-7-3-2-5-12(15)17-16(19)10-11-9-14(21-18-11)13-6-4-8-20-13/h2-9H,10H2,1H3,(H,17,19). The number of para-hydroxylation sites is 1. The fourth-order valence-electron chi connectivity index (χ4n) is 2.04. The van der Waals surface area contributed by atoms with Crippen LogP contribution >= 0.6 is 11.8 Å². The van der Waals surface area contributed by atoms with Gasteiger partial charge in [-0.3, -0.25) is 4.79 Å². The predicted octanol–water partition coefficient (Wildman–Crippen LogP) is 3.84. The van der Waals surface area contributed by atoms with E-state index >= 15 is 0 Å². The summed E-state index contributed by atoms with van der Waals surface area (Å²) in [4.78, 5) is 13.1. The highest BCUT2D eigenvalue weighted by Crippen LogP contribution is 2.25. The number of carbonyl (C=O) groups is 1. The molecule has 2 heterocycles. The van der Waals surface area contributed by atoms with Crippen molar-refractivity contribution in [3.8, 4) is 11.5 Å². The number of carbonyl (C=O) groups excluding carboxylic acids is 1. The molecule has 22 heavy (non-hydrogen) atoms. The maximum atomic E-state index is 12.1. The number of nitrogens with zero attached hydrogens (tertiary/aromatic N) is 1. The lowest BCUT2D eigenvalue weighted by Gasteiger charge is -2.08. The molecule has 0 aliphatic heterocycles. The summed E-state index contributed by atoms with van der Waals surface area (Å²) >= 11 is 1.58. The third-order valence-electron chi connectivity index (χ3n) is 3.05. The minimum atomic E-state index is -0.138. The van der Waals surface area contributed by atoms with Crippen LogP contribution in [0, 0.1) is 0 Å². The summed E-state index contributed by atoms with van der Waals surface area (Å²) in [5.74, 6) is 0.963. The molecule has 0 unspecified atom stereocenters. The van der Waals surface area contributed by atoms with Crippen LogP contribution in [0.15, 0.2) is 62.6 Å². The highest BCUT2D eigenvalue weighted by Gasteiger charge is 2.13. The first-order chi connectivity index (χ1) is 10.8. The lowest BCUT2D eigenvalue weighted by Crippen LogP contribution is -2.15. The highest BCUT2D eigenvalue weighted by atomic mass is 32.2. The minimum absolute atomic E-state index is 0.138. The molecular formula is C16H14N2O3S. The number of furan rings is 1. The van der Waals surface area contributed by atoms with Crippen LogP contribution in [0.5, 0.6) is 0 Å². The van der Waals surface area contributed by atoms with Crippen LogP contribution in [0.2, 0.25) is 0 Å². The average molecular weight is 314 g/mol. The van der Waals surface area contributed by atoms with Gasteiger partial charge in [-0.2, -0.15) is 0 Å². The summed E-state index contributed by atoms with van der Waals surface area (Å²) in [5.41, 5.74) is 1.36. The van der Waals surface area contributed by atoms with Crippen molar-refractivity contribution in [1.82, 2.24) is 5.16 Å². The molecule has 0 saturated carbocycles. The Hall–Kier alpha value is -2.47. The zero-order chi connectivity index (χ0) is 15.4. The van der Waals surface area contributed by atoms with Gasteiger partial charge in [0.2, 0.25) is 11.7 Å². The maximum absolute atomic E-state index is 12.1. The Bertz CT molecular complexity index is 765. The fraction of sp³-hybridized carbons (Fsp3) is 0.125. The molecule has 0 atom stereocenters. The van der Waals surface area contributed by atoms with Crippen LogP contribution in [0.25, 0.3) is 11.5 Å². The second kappa shape index (κ2) is 6.53. The fourth-order valence-corrected chi connectivity index (χ4v) is 2.59. The maximum Gasteiger partial charge on any atom is 0.230 e. The van der Waals surface area contributed by atoms with E-state index < -0.39 is 0 Å². The number of aromatic nitrogens is 1. The molecular weight excluding hydrogens is 300 g/mol. The second-order valence-electron chi connectivity index (χ2n) is 4.59. The zero-order valence-corrected chi connectivity index (χ0v) is 12.7. The van der Waals surface area contributed by atoms with Crippen molar-refractivity contribution < 1.29 is 13.7 Å². The largest absolute Gasteiger partial charge is 0.461 e. The SMILES string of the molecule is CSc1ccccc1NC(=O)Cc1cc(-c2ccco2)on1. The molecule has 3 rings (SSSR count). The lowest BCUT2D eigenvalue weighted by molar-refractivity contribution is -0.115. The average Bonchev–Trinajstić information content (AvgIpc) is 3.18. The smallest absolute Gasteiger partial charge is 0.230 e. The molecule has 0 saturated heterocycles. The molecule has 3 aromatic rings. The first kappa shape index (κ1) is 14.5. The second-order valence-corrected chi connectivity index (χ2v) is 5.43. The molecule has 0 bridgehead atoms. The Morgan fingerprint density at radius 2 is 2.09 bits per heavy atom. The van der Waals surface area contributed by atoms with Gasteiger partial charge in [0, 0.05) is 11.0 Å². The molecule has 1 amide bonds. The third kappa shape index (κ3) is 3.23. The molecule has 0 fully saturated rings. The number of rotatable bonds is 5. The molecule has 5 nitrogen and oxygen atoms in total. The van der Waals surface area contributed by atoms with Crippen molar-refractivity contribution in [2.75, 3.05) is 11.6 Å². The Morgan fingerprint density at radius 3 is 2.86 bits per heavy atom. The Kier molecular flexibility index (Phi) is 4.29. The number of benzene rings is 1. The van der Waals surface area contributed by atoms with E-state index in [0.717, 1.165) is 10.6 Å². The Balaban J connectivity index is 1.67. The van der Waals surface area contributed by atoms with Crippen molar-refractivity contribution in [2.24, 2.45) is 0 Å². The van der Waals surface area contributed by atoms with Gasteiger partial charge in [-0.05, 0) is 30.5 Å². The van der Waals surface area contributed by atoms with Gasteiger partial charge < -0.3 is 14.3 Å². The molecule has 0 aliphatic rings. The van der Waals surface area contributed by atoms with Gasteiger partial charge in [0.1, 0.15) is 0 Å². The van der Waals surface area contributed by atoms with Crippen molar-refractivity contribution in [3.05, 3.63) is 54.4 Å². The topological polar surface area (TPSA) is 68.3 Å². The molecule has 2 aromatic heterocycles. The third-order valence-corrected chi connectivity index (χ3v) is 3.84. The molecule has 0 aliphatic carbocycles. The highest BCUT2D eigenvalue weighted by molar-refractivity contribution is 7.98. The van der Waals surface area contributed by atoms with Crippen LogP contribution in [-0.2, 0) is 11.2 Å². The van der Waals surface area contributed by atoms with Crippen LogP contribution in [0.4, 0.5) is 5.69 Å². The summed E-state index contributed by atoms with van der Waals surface area (Å²) in [6.45, 7) is 0. The summed E-state index contributed by atoms with van der Waals surface area (Å²) in [6, 6.07) is 12.9. The van der Waals surface area contributed by atoms with Gasteiger partial charge >= 0.3 is 0 Å². The molecule has 112 valence electrons. The summed E-state index contributed by atoms with van der Waals surface area (Å²) in [5, 5.41) is 6.78. The summed E-state index contributed by atoms with van der Waals surface area (Å²) in [6.07, 6.45) is 3.68. The summed E-state index contributed by atoms with van der Waals surface area (Å²) < 4.78 is 10.4. The van der Waals surface area contributed by atoms with Crippen LogP contribution < -0.4 is 5.32 Å². The van der Waals surface area contributed by atoms with E-state index in [2.05, 4.69) is 10.5 Å². The first-order valence-corrected chi connectivity index (χ1v) is 7.91. The zero-order valence-electron chi connectivity index (χ0n) is 11.9. The quantitative estimate of drug-likeness (QED) is 0.725. The van der Waals surface area contributed by atoms with Gasteiger partial charge in [-0.15, -0.1) is 11.8 Å². The van der Waals surface area contributed by atoms with Crippen molar-refractivity contribution in [3.63, 3.8) is 0 Å². The van der Waals surface area contributed by atoms with E-state index in [9.17, 15) is 4.79 Å². The van der Waals surface area contributed by atoms with Crippen molar-refractivity contribution in [1.29, 1.82) is 0 Å². The minimum Gasteiger partial charge on any atom is -0.461 e. The number of thioether (sulfide) groups is 1. The van der Waals surface area contributed by atoms with Gasteiger partial charge in [0.25, 0.3) is 0 Å². The molecule has 6 heteroatoms. The number of hydrogen-bond donors (Lipinski definition) is 1. The van der Waals surface area contributed by atoms with Crippen LogP contribution in [0.3, 0.4) is 0 Å². The van der Waals surface area contributed by atoms with Gasteiger partial charge in [0.15, 0.2) is 5.76 Å². The van der Waals surface area contributed by atoms with Crippen LogP contribution in [0.1, 0.15) is 5.69 Å². The normalized spacial score (nSPS) is 10.6. The Morgan fingerprint density at radius 1 is 1.23 bits per heavy atom. The van der Waals surface area contributed by atoms with Gasteiger partial charge in [0.05, 0.1) is 24.1 Å². The first-order valence-electron chi connectivity index (χ1n) is 6.68. The van der Waals surface area contributed by atoms with Crippen molar-refractivity contribution in [2.45, 2.75) is 11.3 Å². The molecule has 1 N–H and O–H groups in total. The predicted molar refractivity (Wildman–Crippen MR) is 84.8 cm³/mol. The van der Waals surface area contributed by atoms with Gasteiger partial charge in [-0.1, -0.05) is 17.3 Å². The van der Waals surface area contributed by atoms with Crippen molar-refractivity contribution >= 4 is 23.4 Å². The number of anilines is 1. The Labute approximate surface area is 131 Å². The monoisotopic (exact) mass is 314 g/mol. The van der Waals surface area contributed by atoms with E-state index in [0.29, 0.717) is 17.2 Å². The van der Waals surface area contributed by atoms with E-state index in [4.69, 9.17) is 8.94 Å². The van der Waals surface area contributed by atoms with E-state index in [-0.39, 0.29) is 12.3 Å². The van der Waals surface area contributed by atoms with E-state index in [1.807, 2.05) is 30.5 Å². The number of amides is 1. The molecule has 0 radical (unpaired) electrons. The number of hydrogen-bond acceptors (Lipinski definition) is 5. The van der Waals surface area contributed by atoms with E-state index in [1.165, 1.54) is 0 Å². The molecule has 0 spiro atoms.